The number of nitrogens with zero attached hydrogens (tertiary/aromatic N) is 1. The van der Waals surface area contributed by atoms with Crippen LogP contribution in [-0.2, 0) is 4.79 Å². The van der Waals surface area contributed by atoms with Gasteiger partial charge >= 0.3 is 0 Å². The van der Waals surface area contributed by atoms with Crippen molar-refractivity contribution in [3.63, 3.8) is 0 Å². The van der Waals surface area contributed by atoms with Crippen LogP contribution in [0.1, 0.15) is 22.3 Å². The number of amides is 1. The molecule has 0 radical (unpaired) electrons. The van der Waals surface area contributed by atoms with Crippen LogP contribution < -0.4 is 5.32 Å². The van der Waals surface area contributed by atoms with E-state index in [0.29, 0.717) is 16.8 Å². The molecule has 0 saturated carbocycles. The third kappa shape index (κ3) is 4.51. The Morgan fingerprint density at radius 1 is 0.929 bits per heavy atom. The van der Waals surface area contributed by atoms with E-state index < -0.39 is 4.92 Å². The van der Waals surface area contributed by atoms with Crippen molar-refractivity contribution < 1.29 is 9.72 Å². The Kier molecular flexibility index (Phi) is 5.65. The molecule has 3 aromatic carbocycles. The summed E-state index contributed by atoms with van der Waals surface area (Å²) >= 11 is 0. The molecule has 0 saturated heterocycles. The fourth-order valence-electron chi connectivity index (χ4n) is 2.81. The van der Waals surface area contributed by atoms with E-state index in [0.717, 1.165) is 16.7 Å². The first-order valence-corrected chi connectivity index (χ1v) is 8.84. The van der Waals surface area contributed by atoms with Gasteiger partial charge in [-0.3, -0.25) is 14.9 Å². The predicted octanol–water partition coefficient (Wildman–Crippen LogP) is 5.39. The normalized spacial score (nSPS) is 11.1. The lowest BCUT2D eigenvalue weighted by molar-refractivity contribution is -0.384. The number of nitro groups is 1. The summed E-state index contributed by atoms with van der Waals surface area (Å²) in [6.45, 7) is 4.00. The lowest BCUT2D eigenvalue weighted by Crippen LogP contribution is -2.13. The Balaban J connectivity index is 1.99. The second kappa shape index (κ2) is 8.31. The van der Waals surface area contributed by atoms with Gasteiger partial charge < -0.3 is 5.32 Å². The van der Waals surface area contributed by atoms with Crippen molar-refractivity contribution in [1.82, 2.24) is 0 Å². The van der Waals surface area contributed by atoms with Gasteiger partial charge in [0, 0.05) is 23.4 Å². The molecule has 0 heterocycles. The summed E-state index contributed by atoms with van der Waals surface area (Å²) in [5.74, 6) is -0.277. The van der Waals surface area contributed by atoms with Crippen LogP contribution in [0.5, 0.6) is 0 Å². The highest BCUT2D eigenvalue weighted by Gasteiger charge is 2.14. The number of carbonyl (C=O) groups is 1. The van der Waals surface area contributed by atoms with Gasteiger partial charge in [-0.25, -0.2) is 0 Å². The van der Waals surface area contributed by atoms with Crippen LogP contribution in [0.25, 0.3) is 11.6 Å². The van der Waals surface area contributed by atoms with E-state index in [9.17, 15) is 14.9 Å². The van der Waals surface area contributed by atoms with E-state index in [1.54, 1.807) is 18.2 Å². The number of rotatable bonds is 5. The summed E-state index contributed by atoms with van der Waals surface area (Å²) in [5.41, 5.74) is 4.66. The van der Waals surface area contributed by atoms with E-state index in [4.69, 9.17) is 0 Å². The lowest BCUT2D eigenvalue weighted by atomic mass is 10.0. The molecule has 0 fully saturated rings. The molecule has 5 nitrogen and oxygen atoms in total. The minimum absolute atomic E-state index is 0.0178. The lowest BCUT2D eigenvalue weighted by Gasteiger charge is -2.11. The Hall–Kier alpha value is -3.73. The summed E-state index contributed by atoms with van der Waals surface area (Å²) in [4.78, 5) is 23.6. The molecule has 5 heteroatoms. The van der Waals surface area contributed by atoms with Gasteiger partial charge in [0.1, 0.15) is 0 Å². The number of aryl methyl sites for hydroxylation is 2. The molecule has 28 heavy (non-hydrogen) atoms. The summed E-state index contributed by atoms with van der Waals surface area (Å²) in [7, 11) is 0. The van der Waals surface area contributed by atoms with Gasteiger partial charge in [-0.15, -0.1) is 0 Å². The maximum Gasteiger partial charge on any atom is 0.270 e. The maximum atomic E-state index is 13.0. The Morgan fingerprint density at radius 2 is 1.68 bits per heavy atom. The molecule has 1 amide bonds. The van der Waals surface area contributed by atoms with E-state index in [1.807, 2.05) is 62.4 Å². The van der Waals surface area contributed by atoms with E-state index in [-0.39, 0.29) is 11.6 Å². The number of hydrogen-bond donors (Lipinski definition) is 1. The molecule has 0 atom stereocenters. The molecule has 0 aliphatic carbocycles. The van der Waals surface area contributed by atoms with Crippen LogP contribution in [0.15, 0.2) is 72.8 Å². The number of hydrogen-bond acceptors (Lipinski definition) is 3. The molecule has 0 unspecified atom stereocenters. The molecule has 1 N–H and O–H groups in total. The second-order valence-electron chi connectivity index (χ2n) is 6.53. The average Bonchev–Trinajstić information content (AvgIpc) is 2.69. The van der Waals surface area contributed by atoms with E-state index >= 15 is 0 Å². The number of anilines is 1. The van der Waals surface area contributed by atoms with Gasteiger partial charge in [-0.05, 0) is 54.3 Å². The molecule has 0 aromatic heterocycles. The average molecular weight is 372 g/mol. The van der Waals surface area contributed by atoms with Crippen LogP contribution in [0.4, 0.5) is 11.4 Å². The minimum Gasteiger partial charge on any atom is -0.322 e. The molecule has 0 aliphatic rings. The summed E-state index contributed by atoms with van der Waals surface area (Å²) in [5, 5.41) is 14.0. The summed E-state index contributed by atoms with van der Waals surface area (Å²) in [6, 6.07) is 21.2. The molecular weight excluding hydrogens is 352 g/mol. The van der Waals surface area contributed by atoms with E-state index in [1.165, 1.54) is 12.1 Å². The zero-order valence-corrected chi connectivity index (χ0v) is 15.7. The smallest absolute Gasteiger partial charge is 0.270 e. The third-order valence-electron chi connectivity index (χ3n) is 4.49. The zero-order chi connectivity index (χ0) is 20.1. The molecule has 140 valence electrons. The molecular formula is C23H20N2O3. The fraction of sp³-hybridized carbons (Fsp3) is 0.0870. The highest BCUT2D eigenvalue weighted by atomic mass is 16.6. The standard InChI is InChI=1S/C23H20N2O3/c1-16-11-12-20(13-17(16)2)24-23(26)22(19-8-4-3-5-9-19)15-18-7-6-10-21(14-18)25(27)28/h3-15H,1-2H3,(H,24,26)/b22-15+. The Labute approximate surface area is 163 Å². The molecule has 0 aliphatic heterocycles. The Morgan fingerprint density at radius 3 is 2.36 bits per heavy atom. The van der Waals surface area contributed by atoms with Crippen molar-refractivity contribution in [2.45, 2.75) is 13.8 Å². The monoisotopic (exact) mass is 372 g/mol. The fourth-order valence-corrected chi connectivity index (χ4v) is 2.81. The van der Waals surface area contributed by atoms with Crippen molar-refractivity contribution in [2.75, 3.05) is 5.32 Å². The van der Waals surface area contributed by atoms with Crippen LogP contribution >= 0.6 is 0 Å². The van der Waals surface area contributed by atoms with Crippen molar-refractivity contribution >= 4 is 28.9 Å². The van der Waals surface area contributed by atoms with Crippen molar-refractivity contribution in [3.8, 4) is 0 Å². The maximum absolute atomic E-state index is 13.0. The van der Waals surface area contributed by atoms with Gasteiger partial charge in [0.15, 0.2) is 0 Å². The number of nitro benzene ring substituents is 1. The topological polar surface area (TPSA) is 72.2 Å². The van der Waals surface area contributed by atoms with Gasteiger partial charge in [0.2, 0.25) is 0 Å². The van der Waals surface area contributed by atoms with Crippen LogP contribution in [-0.4, -0.2) is 10.8 Å². The first-order chi connectivity index (χ1) is 13.4. The minimum atomic E-state index is -0.450. The van der Waals surface area contributed by atoms with Crippen LogP contribution in [0, 0.1) is 24.0 Å². The molecule has 3 rings (SSSR count). The van der Waals surface area contributed by atoms with Crippen molar-refractivity contribution in [1.29, 1.82) is 0 Å². The SMILES string of the molecule is Cc1ccc(NC(=O)/C(=C/c2cccc([N+](=O)[O-])c2)c2ccccc2)cc1C. The number of benzene rings is 3. The highest BCUT2D eigenvalue weighted by molar-refractivity contribution is 6.29. The Bertz CT molecular complexity index is 1060. The molecule has 0 bridgehead atoms. The predicted molar refractivity (Wildman–Crippen MR) is 112 cm³/mol. The third-order valence-corrected chi connectivity index (χ3v) is 4.49. The van der Waals surface area contributed by atoms with Gasteiger partial charge in [0.05, 0.1) is 4.92 Å². The van der Waals surface area contributed by atoms with Crippen LogP contribution in [0.2, 0.25) is 0 Å². The van der Waals surface area contributed by atoms with E-state index in [2.05, 4.69) is 5.32 Å². The van der Waals surface area contributed by atoms with Crippen molar-refractivity contribution in [2.24, 2.45) is 0 Å². The number of nitrogens with one attached hydrogen (secondary N) is 1. The first kappa shape index (κ1) is 19.0. The highest BCUT2D eigenvalue weighted by Crippen LogP contribution is 2.23. The number of carbonyl (C=O) groups excluding carboxylic acids is 1. The first-order valence-electron chi connectivity index (χ1n) is 8.84. The zero-order valence-electron chi connectivity index (χ0n) is 15.7. The summed E-state index contributed by atoms with van der Waals surface area (Å²) < 4.78 is 0. The van der Waals surface area contributed by atoms with Gasteiger partial charge in [-0.2, -0.15) is 0 Å². The van der Waals surface area contributed by atoms with Crippen LogP contribution in [0.3, 0.4) is 0 Å². The molecule has 0 spiro atoms. The quantitative estimate of drug-likeness (QED) is 0.282. The number of non-ortho nitro benzene ring substituents is 1. The second-order valence-corrected chi connectivity index (χ2v) is 6.53. The van der Waals surface area contributed by atoms with Gasteiger partial charge in [0.25, 0.3) is 11.6 Å². The molecule has 3 aromatic rings. The van der Waals surface area contributed by atoms with Gasteiger partial charge in [-0.1, -0.05) is 48.5 Å². The largest absolute Gasteiger partial charge is 0.322 e. The summed E-state index contributed by atoms with van der Waals surface area (Å²) in [6.07, 6.45) is 1.67. The van der Waals surface area contributed by atoms with Crippen molar-refractivity contribution in [3.05, 3.63) is 105 Å².